The van der Waals surface area contributed by atoms with Crippen LogP contribution in [0.4, 0.5) is 0 Å². The fourth-order valence-corrected chi connectivity index (χ4v) is 3.58. The average molecular weight is 363 g/mol. The summed E-state index contributed by atoms with van der Waals surface area (Å²) in [5.74, 6) is -0.146. The molecule has 1 N–H and O–H groups in total. The molecule has 0 bridgehead atoms. The van der Waals surface area contributed by atoms with Gasteiger partial charge >= 0.3 is 0 Å². The topological polar surface area (TPSA) is 32.3 Å². The molecule has 1 saturated heterocycles. The third-order valence-corrected chi connectivity index (χ3v) is 4.95. The Kier molecular flexibility index (Phi) is 5.77. The fourth-order valence-electron chi connectivity index (χ4n) is 3.15. The molecule has 5 heteroatoms. The van der Waals surface area contributed by atoms with Crippen LogP contribution in [0, 0.1) is 0 Å². The van der Waals surface area contributed by atoms with E-state index in [0.717, 1.165) is 18.7 Å². The lowest BCUT2D eigenvalue weighted by Crippen LogP contribution is -2.36. The predicted molar refractivity (Wildman–Crippen MR) is 98.8 cm³/mol. The maximum Gasteiger partial charge on any atom is 0.252 e. The summed E-state index contributed by atoms with van der Waals surface area (Å²) < 4.78 is 0. The maximum atomic E-state index is 12.4. The van der Waals surface area contributed by atoms with E-state index in [4.69, 9.17) is 23.2 Å². The van der Waals surface area contributed by atoms with Crippen LogP contribution in [0.5, 0.6) is 0 Å². The van der Waals surface area contributed by atoms with Crippen LogP contribution in [0.1, 0.15) is 34.8 Å². The van der Waals surface area contributed by atoms with Crippen LogP contribution in [0.3, 0.4) is 0 Å². The molecule has 0 saturated carbocycles. The molecule has 1 heterocycles. The van der Waals surface area contributed by atoms with Crippen LogP contribution in [-0.2, 0) is 0 Å². The first-order chi connectivity index (χ1) is 11.6. The van der Waals surface area contributed by atoms with E-state index in [-0.39, 0.29) is 11.9 Å². The number of likely N-dealkylation sites (tertiary alicyclic amines) is 1. The van der Waals surface area contributed by atoms with Crippen LogP contribution in [0.25, 0.3) is 0 Å². The zero-order valence-corrected chi connectivity index (χ0v) is 14.9. The molecule has 0 aliphatic carbocycles. The normalized spacial score (nSPS) is 16.1. The molecule has 2 aromatic carbocycles. The van der Waals surface area contributed by atoms with Gasteiger partial charge in [0.15, 0.2) is 0 Å². The van der Waals surface area contributed by atoms with Crippen molar-refractivity contribution in [1.82, 2.24) is 10.2 Å². The molecular formula is C19H20Cl2N2O. The van der Waals surface area contributed by atoms with Crippen LogP contribution >= 0.6 is 23.2 Å². The Morgan fingerprint density at radius 2 is 1.83 bits per heavy atom. The van der Waals surface area contributed by atoms with E-state index in [2.05, 4.69) is 16.3 Å². The number of benzene rings is 2. The molecule has 0 radical (unpaired) electrons. The first-order valence-electron chi connectivity index (χ1n) is 8.17. The lowest BCUT2D eigenvalue weighted by Gasteiger charge is -2.28. The number of carbonyl (C=O) groups is 1. The highest BCUT2D eigenvalue weighted by atomic mass is 35.5. The van der Waals surface area contributed by atoms with Gasteiger partial charge in [-0.05, 0) is 55.8 Å². The Morgan fingerprint density at radius 3 is 2.54 bits per heavy atom. The Bertz CT molecular complexity index is 714. The van der Waals surface area contributed by atoms with Gasteiger partial charge in [0.2, 0.25) is 0 Å². The van der Waals surface area contributed by atoms with Gasteiger partial charge in [-0.3, -0.25) is 9.69 Å². The zero-order valence-electron chi connectivity index (χ0n) is 13.3. The molecule has 1 atom stereocenters. The smallest absolute Gasteiger partial charge is 0.252 e. The van der Waals surface area contributed by atoms with E-state index < -0.39 is 0 Å². The molecular weight excluding hydrogens is 343 g/mol. The highest BCUT2D eigenvalue weighted by Crippen LogP contribution is 2.26. The van der Waals surface area contributed by atoms with Crippen molar-refractivity contribution in [3.63, 3.8) is 0 Å². The van der Waals surface area contributed by atoms with E-state index in [1.807, 2.05) is 30.3 Å². The number of hydrogen-bond donors (Lipinski definition) is 1. The standard InChI is InChI=1S/C19H20Cl2N2O/c20-15-7-5-6-14(12-15)18(23-10-3-4-11-23)13-22-19(24)16-8-1-2-9-17(16)21/h1-2,5-9,12,18H,3-4,10-11,13H2,(H,22,24). The van der Waals surface area contributed by atoms with E-state index in [9.17, 15) is 4.79 Å². The monoisotopic (exact) mass is 362 g/mol. The van der Waals surface area contributed by atoms with Gasteiger partial charge < -0.3 is 5.32 Å². The number of rotatable bonds is 5. The number of hydrogen-bond acceptors (Lipinski definition) is 2. The molecule has 1 aliphatic heterocycles. The van der Waals surface area contributed by atoms with Crippen LogP contribution in [0.2, 0.25) is 10.0 Å². The number of nitrogens with one attached hydrogen (secondary N) is 1. The Labute approximate surface area is 152 Å². The molecule has 1 amide bonds. The second kappa shape index (κ2) is 8.02. The molecule has 1 fully saturated rings. The summed E-state index contributed by atoms with van der Waals surface area (Å²) in [6.07, 6.45) is 2.38. The molecule has 24 heavy (non-hydrogen) atoms. The summed E-state index contributed by atoms with van der Waals surface area (Å²) in [5, 5.41) is 4.21. The molecule has 3 nitrogen and oxygen atoms in total. The number of carbonyl (C=O) groups excluding carboxylic acids is 1. The summed E-state index contributed by atoms with van der Waals surface area (Å²) >= 11 is 12.3. The zero-order chi connectivity index (χ0) is 16.9. The Morgan fingerprint density at radius 1 is 1.08 bits per heavy atom. The predicted octanol–water partition coefficient (Wildman–Crippen LogP) is 4.56. The van der Waals surface area contributed by atoms with Gasteiger partial charge in [-0.15, -0.1) is 0 Å². The third-order valence-electron chi connectivity index (χ3n) is 4.39. The third kappa shape index (κ3) is 4.10. The lowest BCUT2D eigenvalue weighted by atomic mass is 10.1. The van der Waals surface area contributed by atoms with Gasteiger partial charge in [-0.1, -0.05) is 47.5 Å². The summed E-state index contributed by atoms with van der Waals surface area (Å²) in [7, 11) is 0. The van der Waals surface area contributed by atoms with Gasteiger partial charge in [-0.2, -0.15) is 0 Å². The van der Waals surface area contributed by atoms with Crippen molar-refractivity contribution in [3.05, 3.63) is 69.7 Å². The van der Waals surface area contributed by atoms with E-state index in [0.29, 0.717) is 22.2 Å². The molecule has 3 rings (SSSR count). The van der Waals surface area contributed by atoms with Gasteiger partial charge in [0.25, 0.3) is 5.91 Å². The summed E-state index contributed by atoms with van der Waals surface area (Å²) in [6.45, 7) is 2.61. The van der Waals surface area contributed by atoms with Crippen molar-refractivity contribution in [1.29, 1.82) is 0 Å². The molecule has 126 valence electrons. The number of halogens is 2. The van der Waals surface area contributed by atoms with Crippen molar-refractivity contribution in [2.75, 3.05) is 19.6 Å². The molecule has 1 aliphatic rings. The second-order valence-corrected chi connectivity index (χ2v) is 6.85. The van der Waals surface area contributed by atoms with Gasteiger partial charge in [0.05, 0.1) is 16.6 Å². The van der Waals surface area contributed by atoms with E-state index in [1.165, 1.54) is 12.8 Å². The molecule has 0 spiro atoms. The van der Waals surface area contributed by atoms with Crippen LogP contribution in [0.15, 0.2) is 48.5 Å². The minimum Gasteiger partial charge on any atom is -0.350 e. The summed E-state index contributed by atoms with van der Waals surface area (Å²) in [4.78, 5) is 14.8. The highest BCUT2D eigenvalue weighted by Gasteiger charge is 2.24. The SMILES string of the molecule is O=C(NCC(c1cccc(Cl)c1)N1CCCC1)c1ccccc1Cl. The first-order valence-corrected chi connectivity index (χ1v) is 8.93. The minimum atomic E-state index is -0.146. The van der Waals surface area contributed by atoms with Crippen molar-refractivity contribution in [3.8, 4) is 0 Å². The van der Waals surface area contributed by atoms with Gasteiger partial charge in [0.1, 0.15) is 0 Å². The Hall–Kier alpha value is -1.55. The van der Waals surface area contributed by atoms with Gasteiger partial charge in [0, 0.05) is 11.6 Å². The molecule has 1 unspecified atom stereocenters. The quantitative estimate of drug-likeness (QED) is 0.845. The largest absolute Gasteiger partial charge is 0.350 e. The fraction of sp³-hybridized carbons (Fsp3) is 0.316. The maximum absolute atomic E-state index is 12.4. The second-order valence-electron chi connectivity index (χ2n) is 6.00. The van der Waals surface area contributed by atoms with Crippen molar-refractivity contribution in [2.24, 2.45) is 0 Å². The average Bonchev–Trinajstić information content (AvgIpc) is 3.10. The summed E-state index contributed by atoms with van der Waals surface area (Å²) in [6, 6.07) is 15.1. The molecule has 2 aromatic rings. The van der Waals surface area contributed by atoms with Crippen molar-refractivity contribution < 1.29 is 4.79 Å². The molecule has 0 aromatic heterocycles. The van der Waals surface area contributed by atoms with Gasteiger partial charge in [-0.25, -0.2) is 0 Å². The van der Waals surface area contributed by atoms with Crippen molar-refractivity contribution >= 4 is 29.1 Å². The lowest BCUT2D eigenvalue weighted by molar-refractivity contribution is 0.0938. The first kappa shape index (κ1) is 17.3. The van der Waals surface area contributed by atoms with Crippen molar-refractivity contribution in [2.45, 2.75) is 18.9 Å². The highest BCUT2D eigenvalue weighted by molar-refractivity contribution is 6.33. The minimum absolute atomic E-state index is 0.123. The van der Waals surface area contributed by atoms with E-state index in [1.54, 1.807) is 12.1 Å². The van der Waals surface area contributed by atoms with E-state index >= 15 is 0 Å². The summed E-state index contributed by atoms with van der Waals surface area (Å²) in [5.41, 5.74) is 1.63. The number of amides is 1. The van der Waals surface area contributed by atoms with Crippen LogP contribution in [-0.4, -0.2) is 30.4 Å². The Balaban J connectivity index is 1.75. The number of nitrogens with zero attached hydrogens (tertiary/aromatic N) is 1. The van der Waals surface area contributed by atoms with Crippen LogP contribution < -0.4 is 5.32 Å².